The van der Waals surface area contributed by atoms with Gasteiger partial charge in [0.1, 0.15) is 5.82 Å². The molecule has 1 heterocycles. The van der Waals surface area contributed by atoms with Crippen molar-refractivity contribution in [1.29, 1.82) is 0 Å². The quantitative estimate of drug-likeness (QED) is 0.690. The molecule has 0 aliphatic carbocycles. The van der Waals surface area contributed by atoms with Crippen molar-refractivity contribution in [3.8, 4) is 0 Å². The van der Waals surface area contributed by atoms with Gasteiger partial charge in [-0.3, -0.25) is 4.79 Å². The van der Waals surface area contributed by atoms with Gasteiger partial charge in [-0.25, -0.2) is 4.98 Å². The van der Waals surface area contributed by atoms with E-state index in [4.69, 9.17) is 11.6 Å². The molecule has 1 N–H and O–H groups in total. The molecule has 3 aromatic rings. The van der Waals surface area contributed by atoms with Gasteiger partial charge >= 0.3 is 0 Å². The van der Waals surface area contributed by atoms with Crippen molar-refractivity contribution in [2.75, 3.05) is 23.8 Å². The number of halogens is 1. The van der Waals surface area contributed by atoms with E-state index in [0.717, 1.165) is 29.5 Å². The number of benzene rings is 2. The lowest BCUT2D eigenvalue weighted by Gasteiger charge is -2.17. The van der Waals surface area contributed by atoms with Crippen LogP contribution in [0.15, 0.2) is 72.9 Å². The predicted octanol–water partition coefficient (Wildman–Crippen LogP) is 4.67. The van der Waals surface area contributed by atoms with E-state index in [1.807, 2.05) is 60.7 Å². The smallest absolute Gasteiger partial charge is 0.259 e. The molecule has 4 nitrogen and oxygen atoms in total. The van der Waals surface area contributed by atoms with E-state index in [9.17, 15) is 4.79 Å². The fourth-order valence-electron chi connectivity index (χ4n) is 2.57. The number of nitrogens with one attached hydrogen (secondary N) is 1. The van der Waals surface area contributed by atoms with Gasteiger partial charge in [-0.1, -0.05) is 41.9 Å². The van der Waals surface area contributed by atoms with Gasteiger partial charge in [-0.15, -0.1) is 0 Å². The van der Waals surface area contributed by atoms with E-state index in [-0.39, 0.29) is 5.91 Å². The minimum Gasteiger partial charge on any atom is -0.370 e. The van der Waals surface area contributed by atoms with Crippen LogP contribution in [0.3, 0.4) is 0 Å². The summed E-state index contributed by atoms with van der Waals surface area (Å²) in [7, 11) is 1.76. The highest BCUT2D eigenvalue weighted by molar-refractivity contribution is 6.30. The molecule has 0 atom stereocenters. The summed E-state index contributed by atoms with van der Waals surface area (Å²) in [4.78, 5) is 18.5. The van der Waals surface area contributed by atoms with Crippen molar-refractivity contribution in [2.24, 2.45) is 0 Å². The zero-order valence-electron chi connectivity index (χ0n) is 14.5. The maximum Gasteiger partial charge on any atom is 0.259 e. The number of nitrogens with zero attached hydrogens (tertiary/aromatic N) is 2. The van der Waals surface area contributed by atoms with Gasteiger partial charge in [0.15, 0.2) is 0 Å². The third kappa shape index (κ3) is 4.61. The summed E-state index contributed by atoms with van der Waals surface area (Å²) in [6, 6.07) is 21.0. The van der Waals surface area contributed by atoms with Crippen LogP contribution in [0.4, 0.5) is 11.5 Å². The van der Waals surface area contributed by atoms with E-state index in [1.54, 1.807) is 24.2 Å². The molecule has 0 aliphatic heterocycles. The molecule has 1 amide bonds. The average Bonchev–Trinajstić information content (AvgIpc) is 2.69. The number of anilines is 2. The number of aromatic nitrogens is 1. The summed E-state index contributed by atoms with van der Waals surface area (Å²) >= 11 is 5.89. The summed E-state index contributed by atoms with van der Waals surface area (Å²) in [5.74, 6) is 0.661. The Kier molecular flexibility index (Phi) is 5.87. The lowest BCUT2D eigenvalue weighted by atomic mass is 10.1. The molecule has 0 aliphatic rings. The molecule has 5 heteroatoms. The molecule has 132 valence electrons. The first-order chi connectivity index (χ1) is 12.6. The Labute approximate surface area is 158 Å². The van der Waals surface area contributed by atoms with Crippen molar-refractivity contribution >= 4 is 29.0 Å². The summed E-state index contributed by atoms with van der Waals surface area (Å²) < 4.78 is 0. The van der Waals surface area contributed by atoms with Crippen molar-refractivity contribution in [3.63, 3.8) is 0 Å². The summed E-state index contributed by atoms with van der Waals surface area (Å²) in [6.07, 6.45) is 2.47. The van der Waals surface area contributed by atoms with Crippen LogP contribution in [0, 0.1) is 0 Å². The number of pyridine rings is 1. The summed E-state index contributed by atoms with van der Waals surface area (Å²) in [5, 5.41) is 4.01. The standard InChI is InChI=1S/C21H20ClN3O/c1-25(19-5-3-2-4-6-19)21(26)17-9-12-20(24-15-17)23-14-13-16-7-10-18(22)11-8-16/h2-12,15H,13-14H2,1H3,(H,23,24). The first kappa shape index (κ1) is 18.0. The summed E-state index contributed by atoms with van der Waals surface area (Å²) in [6.45, 7) is 0.756. The monoisotopic (exact) mass is 365 g/mol. The number of hydrogen-bond donors (Lipinski definition) is 1. The van der Waals surface area contributed by atoms with Crippen LogP contribution >= 0.6 is 11.6 Å². The second-order valence-corrected chi connectivity index (χ2v) is 6.37. The molecule has 0 radical (unpaired) electrons. The molecular formula is C21H20ClN3O. The largest absolute Gasteiger partial charge is 0.370 e. The molecule has 0 fully saturated rings. The minimum atomic E-state index is -0.0867. The fraction of sp³-hybridized carbons (Fsp3) is 0.143. The highest BCUT2D eigenvalue weighted by Crippen LogP contribution is 2.15. The molecule has 0 bridgehead atoms. The van der Waals surface area contributed by atoms with Crippen LogP contribution in [-0.2, 0) is 6.42 Å². The third-order valence-electron chi connectivity index (χ3n) is 4.09. The Morgan fingerprint density at radius 3 is 2.42 bits per heavy atom. The normalized spacial score (nSPS) is 10.4. The number of para-hydroxylation sites is 1. The first-order valence-electron chi connectivity index (χ1n) is 8.41. The van der Waals surface area contributed by atoms with Gasteiger partial charge in [0.05, 0.1) is 5.56 Å². The predicted molar refractivity (Wildman–Crippen MR) is 107 cm³/mol. The van der Waals surface area contributed by atoms with Gasteiger partial charge in [-0.05, 0) is 48.4 Å². The lowest BCUT2D eigenvalue weighted by molar-refractivity contribution is 0.0992. The second-order valence-electron chi connectivity index (χ2n) is 5.94. The van der Waals surface area contributed by atoms with Gasteiger partial charge in [0.25, 0.3) is 5.91 Å². The van der Waals surface area contributed by atoms with Gasteiger partial charge in [-0.2, -0.15) is 0 Å². The Balaban J connectivity index is 1.56. The maximum atomic E-state index is 12.5. The molecular weight excluding hydrogens is 346 g/mol. The molecule has 0 saturated heterocycles. The van der Waals surface area contributed by atoms with E-state index >= 15 is 0 Å². The average molecular weight is 366 g/mol. The molecule has 26 heavy (non-hydrogen) atoms. The zero-order chi connectivity index (χ0) is 18.4. The van der Waals surface area contributed by atoms with E-state index in [0.29, 0.717) is 5.56 Å². The number of amides is 1. The van der Waals surface area contributed by atoms with Crippen molar-refractivity contribution in [2.45, 2.75) is 6.42 Å². The van der Waals surface area contributed by atoms with Gasteiger partial charge in [0.2, 0.25) is 0 Å². The molecule has 0 spiro atoms. The third-order valence-corrected chi connectivity index (χ3v) is 4.34. The van der Waals surface area contributed by atoms with Crippen molar-refractivity contribution in [3.05, 3.63) is 89.1 Å². The van der Waals surface area contributed by atoms with Crippen LogP contribution < -0.4 is 10.2 Å². The van der Waals surface area contributed by atoms with Gasteiger partial charge < -0.3 is 10.2 Å². The van der Waals surface area contributed by atoms with Crippen LogP contribution in [-0.4, -0.2) is 24.5 Å². The zero-order valence-corrected chi connectivity index (χ0v) is 15.3. The van der Waals surface area contributed by atoms with E-state index in [2.05, 4.69) is 10.3 Å². The van der Waals surface area contributed by atoms with Crippen LogP contribution in [0.25, 0.3) is 0 Å². The number of rotatable bonds is 6. The number of hydrogen-bond acceptors (Lipinski definition) is 3. The second kappa shape index (κ2) is 8.50. The number of carbonyl (C=O) groups is 1. The van der Waals surface area contributed by atoms with Crippen LogP contribution in [0.5, 0.6) is 0 Å². The molecule has 0 saturated carbocycles. The maximum absolute atomic E-state index is 12.5. The SMILES string of the molecule is CN(C(=O)c1ccc(NCCc2ccc(Cl)cc2)nc1)c1ccccc1. The van der Waals surface area contributed by atoms with Crippen LogP contribution in [0.2, 0.25) is 5.02 Å². The Bertz CT molecular complexity index is 849. The Morgan fingerprint density at radius 2 is 1.77 bits per heavy atom. The summed E-state index contributed by atoms with van der Waals surface area (Å²) in [5.41, 5.74) is 2.61. The van der Waals surface area contributed by atoms with Crippen LogP contribution in [0.1, 0.15) is 15.9 Å². The molecule has 0 unspecified atom stereocenters. The topological polar surface area (TPSA) is 45.2 Å². The first-order valence-corrected chi connectivity index (χ1v) is 8.79. The minimum absolute atomic E-state index is 0.0867. The van der Waals surface area contributed by atoms with Gasteiger partial charge in [0, 0.05) is 30.5 Å². The fourth-order valence-corrected chi connectivity index (χ4v) is 2.70. The molecule has 3 rings (SSSR count). The molecule has 1 aromatic heterocycles. The highest BCUT2D eigenvalue weighted by Gasteiger charge is 2.13. The molecule has 2 aromatic carbocycles. The van der Waals surface area contributed by atoms with E-state index < -0.39 is 0 Å². The Hall–Kier alpha value is -2.85. The van der Waals surface area contributed by atoms with E-state index in [1.165, 1.54) is 5.56 Å². The lowest BCUT2D eigenvalue weighted by Crippen LogP contribution is -2.26. The van der Waals surface area contributed by atoms with Crippen molar-refractivity contribution in [1.82, 2.24) is 4.98 Å². The van der Waals surface area contributed by atoms with Crippen molar-refractivity contribution < 1.29 is 4.79 Å². The Morgan fingerprint density at radius 1 is 1.04 bits per heavy atom. The highest BCUT2D eigenvalue weighted by atomic mass is 35.5. The number of carbonyl (C=O) groups excluding carboxylic acids is 1.